The van der Waals surface area contributed by atoms with E-state index < -0.39 is 0 Å². The van der Waals surface area contributed by atoms with E-state index >= 15 is 0 Å². The van der Waals surface area contributed by atoms with E-state index in [-0.39, 0.29) is 0 Å². The van der Waals surface area contributed by atoms with E-state index in [2.05, 4.69) is 12.1 Å². The first-order valence-electron chi connectivity index (χ1n) is 4.06. The molecule has 0 saturated heterocycles. The van der Waals surface area contributed by atoms with Crippen molar-refractivity contribution in [1.29, 1.82) is 5.41 Å². The molecular weight excluding hydrogens is 198 g/mol. The van der Waals surface area contributed by atoms with Crippen molar-refractivity contribution in [2.24, 2.45) is 0 Å². The van der Waals surface area contributed by atoms with Crippen LogP contribution in [0.1, 0.15) is 5.56 Å². The number of nitrogens with one attached hydrogen (secondary N) is 1. The molecule has 70 valence electrons. The van der Waals surface area contributed by atoms with Crippen LogP contribution in [0.3, 0.4) is 0 Å². The van der Waals surface area contributed by atoms with Crippen LogP contribution >= 0.6 is 23.5 Å². The Morgan fingerprint density at radius 3 is 2.62 bits per heavy atom. The third-order valence-corrected chi connectivity index (χ3v) is 3.26. The van der Waals surface area contributed by atoms with E-state index in [0.717, 1.165) is 16.5 Å². The van der Waals surface area contributed by atoms with E-state index in [1.54, 1.807) is 23.5 Å². The maximum atomic E-state index is 7.58. The average Bonchev–Trinajstić information content (AvgIpc) is 2.17. The minimum Gasteiger partial charge on any atom is -0.298 e. The van der Waals surface area contributed by atoms with E-state index in [0.29, 0.717) is 0 Å². The number of rotatable bonds is 4. The molecule has 13 heavy (non-hydrogen) atoms. The van der Waals surface area contributed by atoms with Gasteiger partial charge in [-0.05, 0) is 11.8 Å². The molecule has 0 aromatic heterocycles. The normalized spacial score (nSPS) is 9.92. The lowest BCUT2D eigenvalue weighted by Gasteiger charge is -2.01. The summed E-state index contributed by atoms with van der Waals surface area (Å²) in [6, 6.07) is 10.3. The predicted molar refractivity (Wildman–Crippen MR) is 63.8 cm³/mol. The number of thioether (sulfide) groups is 2. The third-order valence-electron chi connectivity index (χ3n) is 1.53. The molecule has 0 aliphatic carbocycles. The Morgan fingerprint density at radius 1 is 1.31 bits per heavy atom. The van der Waals surface area contributed by atoms with Gasteiger partial charge in [0.25, 0.3) is 0 Å². The van der Waals surface area contributed by atoms with Crippen LogP contribution in [0.5, 0.6) is 0 Å². The Labute approximate surface area is 87.8 Å². The molecule has 1 aromatic carbocycles. The van der Waals surface area contributed by atoms with Gasteiger partial charge < -0.3 is 0 Å². The molecule has 0 aliphatic heterocycles. The highest BCUT2D eigenvalue weighted by Gasteiger charge is 1.97. The van der Waals surface area contributed by atoms with Crippen LogP contribution in [-0.2, 0) is 5.75 Å². The van der Waals surface area contributed by atoms with Crippen molar-refractivity contribution in [3.63, 3.8) is 0 Å². The molecule has 0 unspecified atom stereocenters. The molecule has 0 aliphatic rings. The molecule has 0 atom stereocenters. The molecule has 3 heteroatoms. The fraction of sp³-hybridized carbons (Fsp3) is 0.300. The van der Waals surface area contributed by atoms with Gasteiger partial charge in [-0.3, -0.25) is 5.41 Å². The summed E-state index contributed by atoms with van der Waals surface area (Å²) < 4.78 is 0. The van der Waals surface area contributed by atoms with Crippen LogP contribution in [0.2, 0.25) is 0 Å². The highest BCUT2D eigenvalue weighted by Crippen LogP contribution is 2.14. The van der Waals surface area contributed by atoms with Crippen LogP contribution < -0.4 is 0 Å². The van der Waals surface area contributed by atoms with Gasteiger partial charge in [0, 0.05) is 11.5 Å². The van der Waals surface area contributed by atoms with Crippen molar-refractivity contribution in [1.82, 2.24) is 0 Å². The largest absolute Gasteiger partial charge is 0.298 e. The highest BCUT2D eigenvalue weighted by atomic mass is 32.2. The van der Waals surface area contributed by atoms with Crippen molar-refractivity contribution in [2.45, 2.75) is 5.75 Å². The fourth-order valence-corrected chi connectivity index (χ4v) is 2.40. The summed E-state index contributed by atoms with van der Waals surface area (Å²) in [5, 5.41) is 8.34. The van der Waals surface area contributed by atoms with Gasteiger partial charge in [-0.15, -0.1) is 11.8 Å². The summed E-state index contributed by atoms with van der Waals surface area (Å²) in [5.74, 6) is 1.75. The summed E-state index contributed by atoms with van der Waals surface area (Å²) in [7, 11) is 0. The molecule has 0 fully saturated rings. The molecule has 0 saturated carbocycles. The summed E-state index contributed by atoms with van der Waals surface area (Å²) in [6.07, 6.45) is 2.03. The van der Waals surface area contributed by atoms with E-state index in [4.69, 9.17) is 5.41 Å². The lowest BCUT2D eigenvalue weighted by Crippen LogP contribution is -1.94. The Bertz CT molecular complexity index is 259. The molecular formula is C10H13NS2. The third kappa shape index (κ3) is 4.39. The van der Waals surface area contributed by atoms with Gasteiger partial charge in [0.1, 0.15) is 0 Å². The quantitative estimate of drug-likeness (QED) is 0.610. The zero-order valence-electron chi connectivity index (χ0n) is 7.62. The minimum atomic E-state index is 0.761. The summed E-state index contributed by atoms with van der Waals surface area (Å²) in [4.78, 5) is 0. The summed E-state index contributed by atoms with van der Waals surface area (Å²) in [5.41, 5.74) is 1.29. The van der Waals surface area contributed by atoms with E-state index in [1.165, 1.54) is 5.56 Å². The summed E-state index contributed by atoms with van der Waals surface area (Å²) >= 11 is 3.32. The lowest BCUT2D eigenvalue weighted by molar-refractivity contribution is 1.42. The second kappa shape index (κ2) is 6.11. The zero-order valence-corrected chi connectivity index (χ0v) is 9.25. The van der Waals surface area contributed by atoms with Gasteiger partial charge in [-0.25, -0.2) is 0 Å². The fourth-order valence-electron chi connectivity index (χ4n) is 0.917. The molecule has 0 heterocycles. The van der Waals surface area contributed by atoms with Gasteiger partial charge in [0.15, 0.2) is 0 Å². The first-order valence-corrected chi connectivity index (χ1v) is 6.44. The van der Waals surface area contributed by atoms with Crippen molar-refractivity contribution >= 4 is 28.6 Å². The SMILES string of the molecule is CSCC(=N)SCc1ccccc1. The minimum absolute atomic E-state index is 0.761. The van der Waals surface area contributed by atoms with E-state index in [9.17, 15) is 0 Å². The van der Waals surface area contributed by atoms with Crippen LogP contribution in [0, 0.1) is 5.41 Å². The van der Waals surface area contributed by atoms with Gasteiger partial charge in [-0.2, -0.15) is 11.8 Å². The van der Waals surface area contributed by atoms with Crippen molar-refractivity contribution in [3.8, 4) is 0 Å². The molecule has 0 amide bonds. The number of hydrogen-bond acceptors (Lipinski definition) is 3. The average molecular weight is 211 g/mol. The Balaban J connectivity index is 2.31. The first kappa shape index (κ1) is 10.7. The molecule has 1 rings (SSSR count). The van der Waals surface area contributed by atoms with Crippen LogP contribution in [0.15, 0.2) is 30.3 Å². The van der Waals surface area contributed by atoms with Crippen LogP contribution in [0.4, 0.5) is 0 Å². The highest BCUT2D eigenvalue weighted by molar-refractivity contribution is 8.15. The Kier molecular flexibility index (Phi) is 5.01. The second-order valence-electron chi connectivity index (χ2n) is 2.63. The molecule has 1 nitrogen and oxygen atoms in total. The predicted octanol–water partition coefficient (Wildman–Crippen LogP) is 3.26. The van der Waals surface area contributed by atoms with Gasteiger partial charge >= 0.3 is 0 Å². The molecule has 1 aromatic rings. The van der Waals surface area contributed by atoms with Crippen LogP contribution in [-0.4, -0.2) is 17.1 Å². The molecule has 0 spiro atoms. The molecule has 1 N–H and O–H groups in total. The molecule has 0 bridgehead atoms. The maximum Gasteiger partial charge on any atom is 0.0743 e. The van der Waals surface area contributed by atoms with Crippen LogP contribution in [0.25, 0.3) is 0 Å². The Hall–Kier alpha value is -0.410. The topological polar surface area (TPSA) is 23.9 Å². The smallest absolute Gasteiger partial charge is 0.0743 e. The standard InChI is InChI=1S/C10H13NS2/c1-12-8-10(11)13-7-9-5-3-2-4-6-9/h2-6,11H,7-8H2,1H3. The zero-order chi connectivity index (χ0) is 9.52. The lowest BCUT2D eigenvalue weighted by atomic mass is 10.2. The van der Waals surface area contributed by atoms with Gasteiger partial charge in [-0.1, -0.05) is 30.3 Å². The van der Waals surface area contributed by atoms with Gasteiger partial charge in [0.05, 0.1) is 5.04 Å². The molecule has 0 radical (unpaired) electrons. The Morgan fingerprint density at radius 2 is 2.00 bits per heavy atom. The first-order chi connectivity index (χ1) is 6.33. The maximum absolute atomic E-state index is 7.58. The van der Waals surface area contributed by atoms with E-state index in [1.807, 2.05) is 24.5 Å². The number of hydrogen-bond donors (Lipinski definition) is 1. The monoisotopic (exact) mass is 211 g/mol. The summed E-state index contributed by atoms with van der Waals surface area (Å²) in [6.45, 7) is 0. The van der Waals surface area contributed by atoms with Gasteiger partial charge in [0.2, 0.25) is 0 Å². The van der Waals surface area contributed by atoms with Crippen molar-refractivity contribution in [2.75, 3.05) is 12.0 Å². The second-order valence-corrected chi connectivity index (χ2v) is 4.57. The van der Waals surface area contributed by atoms with Crippen molar-refractivity contribution < 1.29 is 0 Å². The number of benzene rings is 1. The van der Waals surface area contributed by atoms with Crippen molar-refractivity contribution in [3.05, 3.63) is 35.9 Å².